The number of nitrogens with zero attached hydrogens (tertiary/aromatic N) is 3. The van der Waals surface area contributed by atoms with Crippen molar-refractivity contribution in [2.24, 2.45) is 4.36 Å². The van der Waals surface area contributed by atoms with Crippen molar-refractivity contribution < 1.29 is 36.0 Å². The van der Waals surface area contributed by atoms with Gasteiger partial charge in [-0.2, -0.15) is 17.5 Å². The van der Waals surface area contributed by atoms with E-state index in [4.69, 9.17) is 9.47 Å². The summed E-state index contributed by atoms with van der Waals surface area (Å²) in [5, 5.41) is 5.43. The molecule has 1 amide bonds. The molecule has 0 aliphatic rings. The van der Waals surface area contributed by atoms with Crippen LogP contribution in [0.5, 0.6) is 5.75 Å². The highest BCUT2D eigenvalue weighted by molar-refractivity contribution is 7.92. The van der Waals surface area contributed by atoms with Gasteiger partial charge in [-0.25, -0.2) is 18.6 Å². The highest BCUT2D eigenvalue weighted by atomic mass is 32.2. The van der Waals surface area contributed by atoms with Crippen LogP contribution in [-0.4, -0.2) is 58.0 Å². The maximum atomic E-state index is 14.4. The van der Waals surface area contributed by atoms with E-state index in [-0.39, 0.29) is 18.0 Å². The monoisotopic (exact) mass is 619 g/mol. The minimum absolute atomic E-state index is 0.0625. The number of halogens is 4. The number of aryl methyl sites for hydroxylation is 1. The fourth-order valence-electron chi connectivity index (χ4n) is 4.07. The van der Waals surface area contributed by atoms with Crippen LogP contribution in [0.1, 0.15) is 11.1 Å². The molecule has 0 spiro atoms. The molecule has 0 radical (unpaired) electrons. The van der Waals surface area contributed by atoms with E-state index in [1.807, 2.05) is 6.07 Å². The summed E-state index contributed by atoms with van der Waals surface area (Å²) in [5.41, 5.74) is 2.61. The SMILES string of the molecule is Cc1cc(N=S(C)(C)=O)cc2ncnc(Nc3ccc(F)cc3O[C@H](COCc3ccccc3)C(=O)NCC(F)(F)F)c12. The van der Waals surface area contributed by atoms with Crippen LogP contribution in [0.4, 0.5) is 34.8 Å². The zero-order valence-corrected chi connectivity index (χ0v) is 24.3. The van der Waals surface area contributed by atoms with Crippen LogP contribution in [0.15, 0.2) is 71.4 Å². The van der Waals surface area contributed by atoms with Crippen molar-refractivity contribution in [3.05, 3.63) is 83.9 Å². The van der Waals surface area contributed by atoms with Crippen molar-refractivity contribution in [1.29, 1.82) is 0 Å². The number of nitrogens with one attached hydrogen (secondary N) is 2. The van der Waals surface area contributed by atoms with Gasteiger partial charge in [0.25, 0.3) is 5.91 Å². The largest absolute Gasteiger partial charge is 0.476 e. The summed E-state index contributed by atoms with van der Waals surface area (Å²) in [5.74, 6) is -1.66. The molecule has 0 aliphatic heterocycles. The molecular weight excluding hydrogens is 590 g/mol. The lowest BCUT2D eigenvalue weighted by Gasteiger charge is -2.22. The second-order valence-electron chi connectivity index (χ2n) is 9.86. The molecule has 1 heterocycles. The molecule has 0 unspecified atom stereocenters. The van der Waals surface area contributed by atoms with Gasteiger partial charge in [0, 0.05) is 33.7 Å². The van der Waals surface area contributed by atoms with E-state index in [0.29, 0.717) is 28.0 Å². The first-order chi connectivity index (χ1) is 20.3. The summed E-state index contributed by atoms with van der Waals surface area (Å²) in [7, 11) is -2.43. The van der Waals surface area contributed by atoms with E-state index in [0.717, 1.165) is 17.7 Å². The van der Waals surface area contributed by atoms with E-state index in [2.05, 4.69) is 19.6 Å². The quantitative estimate of drug-likeness (QED) is 0.203. The second-order valence-corrected chi connectivity index (χ2v) is 12.4. The van der Waals surface area contributed by atoms with E-state index in [9.17, 15) is 26.6 Å². The Morgan fingerprint density at radius 2 is 1.81 bits per heavy atom. The molecule has 2 N–H and O–H groups in total. The third-order valence-electron chi connectivity index (χ3n) is 5.85. The molecule has 43 heavy (non-hydrogen) atoms. The predicted octanol–water partition coefficient (Wildman–Crippen LogP) is 5.82. The van der Waals surface area contributed by atoms with Gasteiger partial charge >= 0.3 is 6.18 Å². The summed E-state index contributed by atoms with van der Waals surface area (Å²) >= 11 is 0. The Hall–Kier alpha value is -4.30. The van der Waals surface area contributed by atoms with Crippen LogP contribution in [0.3, 0.4) is 0 Å². The predicted molar refractivity (Wildman–Crippen MR) is 156 cm³/mol. The van der Waals surface area contributed by atoms with E-state index in [1.54, 1.807) is 48.6 Å². The van der Waals surface area contributed by atoms with Crippen LogP contribution in [0.25, 0.3) is 10.9 Å². The molecule has 228 valence electrons. The first kappa shape index (κ1) is 31.6. The fraction of sp³-hybridized carbons (Fsp3) is 0.276. The van der Waals surface area contributed by atoms with Crippen molar-refractivity contribution in [3.63, 3.8) is 0 Å². The van der Waals surface area contributed by atoms with Crippen molar-refractivity contribution in [3.8, 4) is 5.75 Å². The Labute approximate surface area is 245 Å². The van der Waals surface area contributed by atoms with Crippen LogP contribution in [0, 0.1) is 12.7 Å². The smallest absolute Gasteiger partial charge is 0.405 e. The molecule has 0 saturated heterocycles. The zero-order valence-electron chi connectivity index (χ0n) is 23.4. The number of anilines is 2. The average Bonchev–Trinajstić information content (AvgIpc) is 2.91. The maximum absolute atomic E-state index is 14.4. The standard InChI is InChI=1S/C29H29F4N5O4S/c1-18-11-21(38-43(2,3)40)13-23-26(18)27(36-17-35-23)37-22-10-9-20(30)12-24(22)42-25(28(39)34-16-29(31,32)33)15-41-14-19-7-5-4-6-8-19/h4-13,17,25H,14-16H2,1-3H3,(H,34,39)(H,35,36,37)/t25-/m1/s1. The molecule has 9 nitrogen and oxygen atoms in total. The van der Waals surface area contributed by atoms with Gasteiger partial charge in [0.05, 0.1) is 30.1 Å². The molecule has 1 aromatic heterocycles. The van der Waals surface area contributed by atoms with Crippen LogP contribution in [0.2, 0.25) is 0 Å². The molecule has 4 aromatic rings. The highest BCUT2D eigenvalue weighted by Crippen LogP contribution is 2.34. The number of alkyl halides is 3. The minimum atomic E-state index is -4.65. The zero-order chi connectivity index (χ0) is 31.2. The lowest BCUT2D eigenvalue weighted by atomic mass is 10.1. The van der Waals surface area contributed by atoms with Crippen molar-refractivity contribution in [2.75, 3.05) is 31.0 Å². The molecule has 14 heteroatoms. The Kier molecular flexibility index (Phi) is 9.81. The van der Waals surface area contributed by atoms with Crippen LogP contribution in [-0.2, 0) is 25.9 Å². The second kappa shape index (κ2) is 13.3. The molecule has 0 saturated carbocycles. The van der Waals surface area contributed by atoms with Gasteiger partial charge in [0.1, 0.15) is 30.3 Å². The normalized spacial score (nSPS) is 12.5. The van der Waals surface area contributed by atoms with Gasteiger partial charge in [-0.15, -0.1) is 0 Å². The summed E-state index contributed by atoms with van der Waals surface area (Å²) in [6, 6.07) is 15.8. The van der Waals surface area contributed by atoms with Crippen molar-refractivity contribution >= 4 is 43.7 Å². The number of fused-ring (bicyclic) bond motifs is 1. The number of hydrogen-bond acceptors (Lipinski definition) is 8. The number of benzene rings is 3. The molecule has 0 bridgehead atoms. The molecule has 0 fully saturated rings. The topological polar surface area (TPSA) is 115 Å². The summed E-state index contributed by atoms with van der Waals surface area (Å²) in [4.78, 5) is 21.3. The lowest BCUT2D eigenvalue weighted by Crippen LogP contribution is -2.44. The number of carbonyl (C=O) groups is 1. The van der Waals surface area contributed by atoms with E-state index < -0.39 is 46.9 Å². The fourth-order valence-corrected chi connectivity index (χ4v) is 4.69. The van der Waals surface area contributed by atoms with Gasteiger partial charge in [0.2, 0.25) is 0 Å². The number of aromatic nitrogens is 2. The summed E-state index contributed by atoms with van der Waals surface area (Å²) < 4.78 is 80.6. The van der Waals surface area contributed by atoms with Crippen molar-refractivity contribution in [1.82, 2.24) is 15.3 Å². The summed E-state index contributed by atoms with van der Waals surface area (Å²) in [6.45, 7) is -0.151. The van der Waals surface area contributed by atoms with Crippen LogP contribution >= 0.6 is 0 Å². The number of rotatable bonds is 11. The molecule has 1 atom stereocenters. The molecular formula is C29H29F4N5O4S. The molecule has 0 aliphatic carbocycles. The van der Waals surface area contributed by atoms with E-state index in [1.165, 1.54) is 24.9 Å². The third kappa shape index (κ3) is 9.35. The lowest BCUT2D eigenvalue weighted by molar-refractivity contribution is -0.144. The Morgan fingerprint density at radius 1 is 1.07 bits per heavy atom. The number of ether oxygens (including phenoxy) is 2. The first-order valence-corrected chi connectivity index (χ1v) is 15.2. The van der Waals surface area contributed by atoms with Gasteiger partial charge in [-0.3, -0.25) is 4.79 Å². The minimum Gasteiger partial charge on any atom is -0.476 e. The number of carbonyl (C=O) groups excluding carboxylic acids is 1. The third-order valence-corrected chi connectivity index (χ3v) is 6.50. The van der Waals surface area contributed by atoms with E-state index >= 15 is 0 Å². The average molecular weight is 620 g/mol. The number of amides is 1. The molecule has 4 rings (SSSR count). The van der Waals surface area contributed by atoms with Gasteiger partial charge in [-0.1, -0.05) is 30.3 Å². The van der Waals surface area contributed by atoms with Gasteiger partial charge < -0.3 is 20.1 Å². The molecule has 3 aromatic carbocycles. The Balaban J connectivity index is 1.63. The Bertz CT molecular complexity index is 1720. The first-order valence-electron chi connectivity index (χ1n) is 12.9. The van der Waals surface area contributed by atoms with Crippen LogP contribution < -0.4 is 15.4 Å². The number of hydrogen-bond donors (Lipinski definition) is 2. The van der Waals surface area contributed by atoms with Gasteiger partial charge in [0.15, 0.2) is 6.10 Å². The Morgan fingerprint density at radius 3 is 2.51 bits per heavy atom. The van der Waals surface area contributed by atoms with Gasteiger partial charge in [-0.05, 0) is 42.3 Å². The highest BCUT2D eigenvalue weighted by Gasteiger charge is 2.31. The maximum Gasteiger partial charge on any atom is 0.405 e. The summed E-state index contributed by atoms with van der Waals surface area (Å²) in [6.07, 6.45) is -1.89. The van der Waals surface area contributed by atoms with Crippen molar-refractivity contribution in [2.45, 2.75) is 25.8 Å².